The number of thiophene rings is 1. The minimum absolute atomic E-state index is 0.00114. The van der Waals surface area contributed by atoms with E-state index in [0.717, 1.165) is 0 Å². The average Bonchev–Trinajstić information content (AvgIpc) is 2.91. The van der Waals surface area contributed by atoms with Crippen LogP contribution >= 0.6 is 22.9 Å². The van der Waals surface area contributed by atoms with Gasteiger partial charge in [0.15, 0.2) is 5.78 Å². The molecule has 0 N–H and O–H groups in total. The molecule has 0 saturated heterocycles. The number of ketones is 1. The maximum absolute atomic E-state index is 11.9. The molecular weight excluding hydrogens is 324 g/mol. The van der Waals surface area contributed by atoms with Crippen LogP contribution in [-0.4, -0.2) is 24.8 Å². The molecule has 0 fully saturated rings. The molecule has 1 aromatic heterocycles. The van der Waals surface area contributed by atoms with Crippen molar-refractivity contribution in [1.29, 1.82) is 0 Å². The van der Waals surface area contributed by atoms with Crippen molar-refractivity contribution >= 4 is 46.2 Å². The molecule has 0 saturated carbocycles. The van der Waals surface area contributed by atoms with Crippen LogP contribution in [-0.2, 0) is 0 Å². The van der Waals surface area contributed by atoms with Gasteiger partial charge in [-0.2, -0.15) is 0 Å². The largest absolute Gasteiger partial charge is 0.372 e. The van der Waals surface area contributed by atoms with E-state index >= 15 is 0 Å². The summed E-state index contributed by atoms with van der Waals surface area (Å²) in [6.45, 7) is 0. The summed E-state index contributed by atoms with van der Waals surface area (Å²) in [5, 5.41) is 11.1. The quantitative estimate of drug-likeness (QED) is 0.354. The van der Waals surface area contributed by atoms with Gasteiger partial charge in [-0.05, 0) is 29.8 Å². The Morgan fingerprint density at radius 2 is 2.05 bits per heavy atom. The molecule has 0 spiro atoms. The van der Waals surface area contributed by atoms with Gasteiger partial charge in [0.2, 0.25) is 0 Å². The highest BCUT2D eigenvalue weighted by molar-refractivity contribution is 7.18. The standard InChI is InChI=1S/C15H13ClN2O3S/c1-17(2)11-5-3-10(9-12(11)18(20)21)4-6-13(19)14-7-8-15(16)22-14/h3-9H,1-2H3/b6-4+. The second kappa shape index (κ2) is 6.72. The first kappa shape index (κ1) is 16.2. The number of hydrogen-bond donors (Lipinski definition) is 0. The van der Waals surface area contributed by atoms with Gasteiger partial charge in [0, 0.05) is 20.2 Å². The molecule has 0 atom stereocenters. The highest BCUT2D eigenvalue weighted by Gasteiger charge is 2.15. The number of nitro groups is 1. The van der Waals surface area contributed by atoms with E-state index in [1.54, 1.807) is 49.3 Å². The first-order chi connectivity index (χ1) is 10.4. The van der Waals surface area contributed by atoms with E-state index < -0.39 is 4.92 Å². The van der Waals surface area contributed by atoms with E-state index in [1.165, 1.54) is 23.5 Å². The second-order valence-corrected chi connectivity index (χ2v) is 6.42. The molecule has 114 valence electrons. The molecular formula is C15H13ClN2O3S. The Morgan fingerprint density at radius 1 is 1.32 bits per heavy atom. The maximum atomic E-state index is 11.9. The van der Waals surface area contributed by atoms with E-state index in [9.17, 15) is 14.9 Å². The van der Waals surface area contributed by atoms with Crippen LogP contribution in [0.5, 0.6) is 0 Å². The number of rotatable bonds is 5. The molecule has 2 aromatic rings. The van der Waals surface area contributed by atoms with Crippen molar-refractivity contribution in [2.75, 3.05) is 19.0 Å². The zero-order valence-electron chi connectivity index (χ0n) is 11.9. The van der Waals surface area contributed by atoms with Gasteiger partial charge < -0.3 is 4.90 Å². The number of benzene rings is 1. The number of nitro benzene ring substituents is 1. The van der Waals surface area contributed by atoms with Gasteiger partial charge in [0.05, 0.1) is 14.1 Å². The van der Waals surface area contributed by atoms with Crippen LogP contribution in [0.2, 0.25) is 4.34 Å². The average molecular weight is 337 g/mol. The third kappa shape index (κ3) is 3.72. The SMILES string of the molecule is CN(C)c1ccc(/C=C/C(=O)c2ccc(Cl)s2)cc1[N+](=O)[O-]. The lowest BCUT2D eigenvalue weighted by molar-refractivity contribution is -0.384. The fraction of sp³-hybridized carbons (Fsp3) is 0.133. The van der Waals surface area contributed by atoms with E-state index in [-0.39, 0.29) is 11.5 Å². The lowest BCUT2D eigenvalue weighted by Gasteiger charge is -2.12. The van der Waals surface area contributed by atoms with Crippen LogP contribution in [0.3, 0.4) is 0 Å². The summed E-state index contributed by atoms with van der Waals surface area (Å²) in [5.74, 6) is -0.184. The number of hydrogen-bond acceptors (Lipinski definition) is 5. The molecule has 0 radical (unpaired) electrons. The van der Waals surface area contributed by atoms with Crippen LogP contribution in [0.15, 0.2) is 36.4 Å². The molecule has 2 rings (SSSR count). The van der Waals surface area contributed by atoms with Crippen molar-refractivity contribution in [3.63, 3.8) is 0 Å². The predicted molar refractivity (Wildman–Crippen MR) is 90.1 cm³/mol. The molecule has 5 nitrogen and oxygen atoms in total. The molecule has 0 aliphatic rings. The summed E-state index contributed by atoms with van der Waals surface area (Å²) in [7, 11) is 3.48. The lowest BCUT2D eigenvalue weighted by Crippen LogP contribution is -2.10. The van der Waals surface area contributed by atoms with Crippen molar-refractivity contribution in [3.05, 3.63) is 61.3 Å². The van der Waals surface area contributed by atoms with E-state index in [4.69, 9.17) is 11.6 Å². The summed E-state index contributed by atoms with van der Waals surface area (Å²) in [6, 6.07) is 8.14. The highest BCUT2D eigenvalue weighted by Crippen LogP contribution is 2.28. The summed E-state index contributed by atoms with van der Waals surface area (Å²) >= 11 is 6.98. The fourth-order valence-corrected chi connectivity index (χ4v) is 2.83. The number of allylic oxidation sites excluding steroid dienone is 1. The third-order valence-corrected chi connectivity index (χ3v) is 4.17. The molecule has 7 heteroatoms. The van der Waals surface area contributed by atoms with E-state index in [2.05, 4.69) is 0 Å². The van der Waals surface area contributed by atoms with Crippen LogP contribution in [0, 0.1) is 10.1 Å². The van der Waals surface area contributed by atoms with Crippen molar-refractivity contribution in [2.24, 2.45) is 0 Å². The Hall–Kier alpha value is -2.18. The van der Waals surface area contributed by atoms with Gasteiger partial charge in [-0.15, -0.1) is 11.3 Å². The Labute approximate surface area is 136 Å². The topological polar surface area (TPSA) is 63.5 Å². The molecule has 1 heterocycles. The van der Waals surface area contributed by atoms with E-state index in [0.29, 0.717) is 20.5 Å². The minimum atomic E-state index is -0.437. The molecule has 1 aromatic carbocycles. The molecule has 0 aliphatic heterocycles. The molecule has 0 bridgehead atoms. The van der Waals surface area contributed by atoms with Gasteiger partial charge >= 0.3 is 0 Å². The molecule has 0 unspecified atom stereocenters. The molecule has 0 amide bonds. The number of anilines is 1. The van der Waals surface area contributed by atoms with Crippen molar-refractivity contribution < 1.29 is 9.72 Å². The molecule has 22 heavy (non-hydrogen) atoms. The van der Waals surface area contributed by atoms with Gasteiger partial charge in [-0.25, -0.2) is 0 Å². The minimum Gasteiger partial charge on any atom is -0.372 e. The highest BCUT2D eigenvalue weighted by atomic mass is 35.5. The van der Waals surface area contributed by atoms with Gasteiger partial charge in [0.1, 0.15) is 5.69 Å². The summed E-state index contributed by atoms with van der Waals surface area (Å²) in [5.41, 5.74) is 1.10. The summed E-state index contributed by atoms with van der Waals surface area (Å²) in [6.07, 6.45) is 2.94. The van der Waals surface area contributed by atoms with Crippen molar-refractivity contribution in [2.45, 2.75) is 0 Å². The third-order valence-electron chi connectivity index (χ3n) is 2.92. The predicted octanol–water partition coefficient (Wildman–Crippen LogP) is 4.27. The van der Waals surface area contributed by atoms with Crippen LogP contribution in [0.4, 0.5) is 11.4 Å². The lowest BCUT2D eigenvalue weighted by atomic mass is 10.1. The summed E-state index contributed by atoms with van der Waals surface area (Å²) < 4.78 is 0.544. The number of nitrogens with zero attached hydrogens (tertiary/aromatic N) is 2. The first-order valence-corrected chi connectivity index (χ1v) is 7.51. The van der Waals surface area contributed by atoms with Gasteiger partial charge in [0.25, 0.3) is 5.69 Å². The van der Waals surface area contributed by atoms with Crippen LogP contribution in [0.25, 0.3) is 6.08 Å². The monoisotopic (exact) mass is 336 g/mol. The number of carbonyl (C=O) groups excluding carboxylic acids is 1. The number of carbonyl (C=O) groups is 1. The van der Waals surface area contributed by atoms with Gasteiger partial charge in [-0.3, -0.25) is 14.9 Å². The Kier molecular flexibility index (Phi) is 4.95. The smallest absolute Gasteiger partial charge is 0.293 e. The Morgan fingerprint density at radius 3 is 2.59 bits per heavy atom. The normalized spacial score (nSPS) is 10.9. The first-order valence-electron chi connectivity index (χ1n) is 6.32. The fourth-order valence-electron chi connectivity index (χ4n) is 1.87. The van der Waals surface area contributed by atoms with E-state index in [1.807, 2.05) is 0 Å². The maximum Gasteiger partial charge on any atom is 0.293 e. The molecule has 0 aliphatic carbocycles. The summed E-state index contributed by atoms with van der Waals surface area (Å²) in [4.78, 5) is 24.8. The Balaban J connectivity index is 2.26. The zero-order chi connectivity index (χ0) is 16.3. The van der Waals surface area contributed by atoms with Crippen LogP contribution in [0.1, 0.15) is 15.2 Å². The van der Waals surface area contributed by atoms with Crippen LogP contribution < -0.4 is 4.90 Å². The zero-order valence-corrected chi connectivity index (χ0v) is 13.5. The number of halogens is 1. The Bertz CT molecular complexity index is 753. The van der Waals surface area contributed by atoms with Crippen molar-refractivity contribution in [1.82, 2.24) is 0 Å². The van der Waals surface area contributed by atoms with Gasteiger partial charge in [-0.1, -0.05) is 23.7 Å². The van der Waals surface area contributed by atoms with Crippen molar-refractivity contribution in [3.8, 4) is 0 Å². The second-order valence-electron chi connectivity index (χ2n) is 4.70.